The average Bonchev–Trinajstić information content (AvgIpc) is 2.69. The Morgan fingerprint density at radius 3 is 2.26 bits per heavy atom. The topological polar surface area (TPSA) is 55.1 Å². The van der Waals surface area contributed by atoms with Gasteiger partial charge in [-0.1, -0.05) is 0 Å². The highest BCUT2D eigenvalue weighted by Gasteiger charge is 2.49. The lowest BCUT2D eigenvalue weighted by molar-refractivity contribution is -0.00410. The molecule has 19 heavy (non-hydrogen) atoms. The van der Waals surface area contributed by atoms with E-state index in [0.29, 0.717) is 5.92 Å². The molecule has 1 N–H and O–H groups in total. The second-order valence-electron chi connectivity index (χ2n) is 6.86. The molecule has 4 heteroatoms. The molecule has 4 saturated carbocycles. The molecule has 0 aliphatic heterocycles. The summed E-state index contributed by atoms with van der Waals surface area (Å²) in [6, 6.07) is 0. The van der Waals surface area contributed by atoms with Crippen LogP contribution in [0.15, 0.2) is 6.20 Å². The molecule has 0 unspecified atom stereocenters. The summed E-state index contributed by atoms with van der Waals surface area (Å²) in [7, 11) is 1.79. The van der Waals surface area contributed by atoms with Gasteiger partial charge in [-0.15, -0.1) is 0 Å². The number of carbonyl (C=O) groups is 1. The molecule has 102 valence electrons. The van der Waals surface area contributed by atoms with Crippen LogP contribution in [0.5, 0.6) is 0 Å². The molecule has 5 rings (SSSR count). The van der Waals surface area contributed by atoms with Crippen molar-refractivity contribution in [3.63, 3.8) is 0 Å². The largest absolute Gasteiger partial charge is 0.475 e. The first kappa shape index (κ1) is 11.5. The van der Waals surface area contributed by atoms with Crippen molar-refractivity contribution in [3.8, 4) is 0 Å². The molecule has 4 aliphatic rings. The molecule has 0 saturated heterocycles. The van der Waals surface area contributed by atoms with Gasteiger partial charge in [0.1, 0.15) is 0 Å². The van der Waals surface area contributed by atoms with Gasteiger partial charge in [-0.05, 0) is 55.8 Å². The highest BCUT2D eigenvalue weighted by atomic mass is 16.4. The Balaban J connectivity index is 1.69. The first-order chi connectivity index (χ1) is 9.11. The lowest BCUT2D eigenvalue weighted by Gasteiger charge is -2.54. The normalized spacial score (nSPS) is 39.7. The van der Waals surface area contributed by atoms with Crippen molar-refractivity contribution in [3.05, 3.63) is 17.7 Å². The minimum atomic E-state index is -0.919. The molecular weight excluding hydrogens is 240 g/mol. The zero-order valence-electron chi connectivity index (χ0n) is 11.2. The van der Waals surface area contributed by atoms with Crippen LogP contribution >= 0.6 is 0 Å². The Bertz CT molecular complexity index is 506. The van der Waals surface area contributed by atoms with E-state index in [0.717, 1.165) is 29.4 Å². The molecule has 0 amide bonds. The molecule has 0 aromatic carbocycles. The van der Waals surface area contributed by atoms with E-state index in [1.807, 2.05) is 6.20 Å². The minimum absolute atomic E-state index is 0.184. The van der Waals surface area contributed by atoms with Gasteiger partial charge < -0.3 is 9.67 Å². The summed E-state index contributed by atoms with van der Waals surface area (Å²) in [5, 5.41) is 9.15. The van der Waals surface area contributed by atoms with Crippen LogP contribution in [0, 0.1) is 23.7 Å². The van der Waals surface area contributed by atoms with Gasteiger partial charge in [0.05, 0.1) is 5.69 Å². The van der Waals surface area contributed by atoms with Crippen LogP contribution in [0.4, 0.5) is 0 Å². The van der Waals surface area contributed by atoms with Crippen molar-refractivity contribution >= 4 is 5.97 Å². The molecule has 1 aromatic rings. The maximum absolute atomic E-state index is 11.1. The molecule has 1 heterocycles. The van der Waals surface area contributed by atoms with Crippen LogP contribution in [0.25, 0.3) is 0 Å². The fourth-order valence-corrected chi connectivity index (χ4v) is 5.26. The van der Waals surface area contributed by atoms with E-state index in [2.05, 4.69) is 4.98 Å². The number of hydrogen-bond acceptors (Lipinski definition) is 2. The summed E-state index contributed by atoms with van der Waals surface area (Å²) in [5.41, 5.74) is 1.04. The first-order valence-electron chi connectivity index (χ1n) is 7.38. The van der Waals surface area contributed by atoms with Gasteiger partial charge in [0.2, 0.25) is 5.82 Å². The number of nitrogens with zero attached hydrogens (tertiary/aromatic N) is 2. The van der Waals surface area contributed by atoms with E-state index in [9.17, 15) is 4.79 Å². The first-order valence-corrected chi connectivity index (χ1v) is 7.38. The molecule has 0 spiro atoms. The van der Waals surface area contributed by atoms with Gasteiger partial charge in [-0.2, -0.15) is 0 Å². The smallest absolute Gasteiger partial charge is 0.372 e. The molecule has 4 bridgehead atoms. The van der Waals surface area contributed by atoms with Gasteiger partial charge in [-0.25, -0.2) is 9.78 Å². The molecule has 4 nitrogen and oxygen atoms in total. The van der Waals surface area contributed by atoms with Crippen molar-refractivity contribution in [2.75, 3.05) is 0 Å². The third-order valence-corrected chi connectivity index (χ3v) is 5.65. The van der Waals surface area contributed by atoms with Gasteiger partial charge in [-0.3, -0.25) is 0 Å². The van der Waals surface area contributed by atoms with Crippen LogP contribution in [0.3, 0.4) is 0 Å². The monoisotopic (exact) mass is 260 g/mol. The van der Waals surface area contributed by atoms with Crippen LogP contribution < -0.4 is 0 Å². The van der Waals surface area contributed by atoms with Gasteiger partial charge in [0.25, 0.3) is 0 Å². The zero-order valence-corrected chi connectivity index (χ0v) is 11.2. The summed E-state index contributed by atoms with van der Waals surface area (Å²) in [5.74, 6) is 3.19. The number of hydrogen-bond donors (Lipinski definition) is 1. The van der Waals surface area contributed by atoms with Crippen molar-refractivity contribution in [1.82, 2.24) is 9.55 Å². The Labute approximate surface area is 112 Å². The predicted octanol–water partition coefficient (Wildman–Crippen LogP) is 2.66. The number of imidazole rings is 1. The van der Waals surface area contributed by atoms with Crippen LogP contribution in [0.1, 0.15) is 54.3 Å². The molecule has 0 radical (unpaired) electrons. The second-order valence-corrected chi connectivity index (χ2v) is 6.86. The third kappa shape index (κ3) is 1.65. The van der Waals surface area contributed by atoms with Crippen molar-refractivity contribution in [1.29, 1.82) is 0 Å². The standard InChI is InChI=1S/C15H20N2O2/c1-17-7-12(16-14(17)15(18)19)13-10-3-8-2-9(5-10)6-11(13)4-8/h7-11,13H,2-6H2,1H3,(H,18,19). The molecular formula is C15H20N2O2. The summed E-state index contributed by atoms with van der Waals surface area (Å²) < 4.78 is 1.67. The summed E-state index contributed by atoms with van der Waals surface area (Å²) in [6.45, 7) is 0. The fourth-order valence-electron chi connectivity index (χ4n) is 5.26. The summed E-state index contributed by atoms with van der Waals surface area (Å²) in [4.78, 5) is 15.6. The summed E-state index contributed by atoms with van der Waals surface area (Å²) in [6.07, 6.45) is 8.78. The number of rotatable bonds is 2. The third-order valence-electron chi connectivity index (χ3n) is 5.65. The maximum atomic E-state index is 11.1. The number of aromatic nitrogens is 2. The number of carboxylic acid groups (broad SMARTS) is 1. The molecule has 1 aromatic heterocycles. The highest BCUT2D eigenvalue weighted by molar-refractivity contribution is 5.83. The van der Waals surface area contributed by atoms with E-state index in [1.54, 1.807) is 11.6 Å². The Hall–Kier alpha value is -1.32. The maximum Gasteiger partial charge on any atom is 0.372 e. The van der Waals surface area contributed by atoms with Gasteiger partial charge in [0, 0.05) is 19.2 Å². The Morgan fingerprint density at radius 1 is 1.21 bits per heavy atom. The van der Waals surface area contributed by atoms with E-state index < -0.39 is 5.97 Å². The minimum Gasteiger partial charge on any atom is -0.475 e. The lowest BCUT2D eigenvalue weighted by Crippen LogP contribution is -2.43. The lowest BCUT2D eigenvalue weighted by atomic mass is 9.51. The van der Waals surface area contributed by atoms with E-state index >= 15 is 0 Å². The zero-order chi connectivity index (χ0) is 13.1. The Morgan fingerprint density at radius 2 is 1.79 bits per heavy atom. The summed E-state index contributed by atoms with van der Waals surface area (Å²) >= 11 is 0. The van der Waals surface area contributed by atoms with Crippen molar-refractivity contribution in [2.24, 2.45) is 30.7 Å². The SMILES string of the molecule is Cn1cc(C2C3CC4CC(C3)CC2C4)nc1C(=O)O. The second kappa shape index (κ2) is 3.84. The van der Waals surface area contributed by atoms with Crippen LogP contribution in [-0.4, -0.2) is 20.6 Å². The van der Waals surface area contributed by atoms with Gasteiger partial charge in [0.15, 0.2) is 0 Å². The van der Waals surface area contributed by atoms with E-state index in [-0.39, 0.29) is 5.82 Å². The Kier molecular flexibility index (Phi) is 2.32. The molecule has 4 fully saturated rings. The van der Waals surface area contributed by atoms with Gasteiger partial charge >= 0.3 is 5.97 Å². The highest BCUT2D eigenvalue weighted by Crippen LogP contribution is 2.59. The van der Waals surface area contributed by atoms with E-state index in [1.165, 1.54) is 32.1 Å². The fraction of sp³-hybridized carbons (Fsp3) is 0.733. The quantitative estimate of drug-likeness (QED) is 0.889. The van der Waals surface area contributed by atoms with Crippen LogP contribution in [-0.2, 0) is 7.05 Å². The van der Waals surface area contributed by atoms with Crippen LogP contribution in [0.2, 0.25) is 0 Å². The number of carboxylic acids is 1. The predicted molar refractivity (Wildman–Crippen MR) is 70.0 cm³/mol. The molecule has 0 atom stereocenters. The molecule has 4 aliphatic carbocycles. The number of aryl methyl sites for hydroxylation is 1. The number of aromatic carboxylic acids is 1. The average molecular weight is 260 g/mol. The van der Waals surface area contributed by atoms with Crippen molar-refractivity contribution in [2.45, 2.75) is 38.0 Å². The van der Waals surface area contributed by atoms with E-state index in [4.69, 9.17) is 5.11 Å². The van der Waals surface area contributed by atoms with Crippen molar-refractivity contribution < 1.29 is 9.90 Å².